The van der Waals surface area contributed by atoms with Gasteiger partial charge >= 0.3 is 0 Å². The lowest BCUT2D eigenvalue weighted by Crippen LogP contribution is -2.50. The van der Waals surface area contributed by atoms with E-state index in [9.17, 15) is 4.79 Å². The summed E-state index contributed by atoms with van der Waals surface area (Å²) in [6.45, 7) is 17.8. The highest BCUT2D eigenvalue weighted by Gasteiger charge is 2.58. The van der Waals surface area contributed by atoms with E-state index in [1.807, 2.05) is 0 Å². The number of carbonyl (C=O) groups excluding carboxylic acids is 1. The zero-order valence-electron chi connectivity index (χ0n) is 21.2. The van der Waals surface area contributed by atoms with Gasteiger partial charge in [-0.15, -0.1) is 0 Å². The van der Waals surface area contributed by atoms with Gasteiger partial charge in [0.2, 0.25) is 0 Å². The number of hydrogen-bond donors (Lipinski definition) is 0. The molecule has 3 saturated carbocycles. The van der Waals surface area contributed by atoms with Gasteiger partial charge in [-0.1, -0.05) is 46.3 Å². The minimum atomic E-state index is -1.69. The predicted octanol–water partition coefficient (Wildman–Crippen LogP) is 6.93. The number of rotatable bonds is 5. The molecule has 4 aliphatic carbocycles. The second kappa shape index (κ2) is 8.09. The summed E-state index contributed by atoms with van der Waals surface area (Å²) in [7, 11) is -1.69. The molecule has 4 heteroatoms. The van der Waals surface area contributed by atoms with E-state index in [-0.39, 0.29) is 10.5 Å². The van der Waals surface area contributed by atoms with Crippen LogP contribution in [0, 0.1) is 28.6 Å². The first-order valence-corrected chi connectivity index (χ1v) is 15.8. The standard InChI is InChI=1S/C27H46O3Si/c1-25(2,3)31(6,7)30-17-16-29-20-12-14-26(4)19(18-20)8-9-21-22-10-11-24(28)27(22,5)15-13-23(21)26/h8,20-23H,9-18H2,1-7H3/t20?,21-,22-,23+,26-,27-/m0/s1. The lowest BCUT2D eigenvalue weighted by atomic mass is 9.48. The third kappa shape index (κ3) is 4.03. The molecule has 0 aliphatic heterocycles. The summed E-state index contributed by atoms with van der Waals surface area (Å²) in [5.74, 6) is 2.65. The van der Waals surface area contributed by atoms with Crippen LogP contribution in [0.1, 0.15) is 86.0 Å². The van der Waals surface area contributed by atoms with Crippen molar-refractivity contribution in [3.63, 3.8) is 0 Å². The van der Waals surface area contributed by atoms with Gasteiger partial charge in [-0.3, -0.25) is 4.79 Å². The lowest BCUT2D eigenvalue weighted by molar-refractivity contribution is -0.132. The fourth-order valence-corrected chi connectivity index (χ4v) is 8.30. The van der Waals surface area contributed by atoms with E-state index in [0.29, 0.717) is 23.2 Å². The number of ether oxygens (including phenoxy) is 1. The molecular formula is C27H46O3Si. The minimum Gasteiger partial charge on any atom is -0.414 e. The summed E-state index contributed by atoms with van der Waals surface area (Å²) in [5.41, 5.74) is 1.96. The second-order valence-corrected chi connectivity index (χ2v) is 17.8. The van der Waals surface area contributed by atoms with Crippen molar-refractivity contribution < 1.29 is 14.0 Å². The molecule has 31 heavy (non-hydrogen) atoms. The molecule has 176 valence electrons. The third-order valence-corrected chi connectivity index (χ3v) is 15.0. The number of ketones is 1. The Morgan fingerprint density at radius 1 is 1.03 bits per heavy atom. The molecule has 3 fully saturated rings. The normalized spacial score (nSPS) is 40.7. The molecule has 4 aliphatic rings. The Balaban J connectivity index is 1.35. The van der Waals surface area contributed by atoms with Crippen molar-refractivity contribution in [2.24, 2.45) is 28.6 Å². The largest absolute Gasteiger partial charge is 0.414 e. The molecular weight excluding hydrogens is 400 g/mol. The minimum absolute atomic E-state index is 0.0205. The van der Waals surface area contributed by atoms with Crippen LogP contribution in [0.4, 0.5) is 0 Å². The van der Waals surface area contributed by atoms with Crippen molar-refractivity contribution in [1.29, 1.82) is 0 Å². The average Bonchev–Trinajstić information content (AvgIpc) is 2.99. The molecule has 6 atom stereocenters. The van der Waals surface area contributed by atoms with E-state index in [1.54, 1.807) is 5.57 Å². The SMILES string of the molecule is CC(C)(C)[Si](C)(C)OCCOC1CC[C@@]2(C)C(=CC[C@@H]3[C@H]2CC[C@]2(C)C(=O)CC[C@@H]32)C1. The van der Waals surface area contributed by atoms with Gasteiger partial charge in [0.05, 0.1) is 19.3 Å². The van der Waals surface area contributed by atoms with Crippen molar-refractivity contribution in [1.82, 2.24) is 0 Å². The highest BCUT2D eigenvalue weighted by atomic mass is 28.4. The van der Waals surface area contributed by atoms with Crippen molar-refractivity contribution in [2.75, 3.05) is 13.2 Å². The fraction of sp³-hybridized carbons (Fsp3) is 0.889. The van der Waals surface area contributed by atoms with Crippen molar-refractivity contribution in [3.05, 3.63) is 11.6 Å². The van der Waals surface area contributed by atoms with E-state index in [4.69, 9.17) is 9.16 Å². The monoisotopic (exact) mass is 446 g/mol. The Bertz CT molecular complexity index is 735. The van der Waals surface area contributed by atoms with Crippen molar-refractivity contribution >= 4 is 14.1 Å². The summed E-state index contributed by atoms with van der Waals surface area (Å²) < 4.78 is 12.6. The van der Waals surface area contributed by atoms with Gasteiger partial charge in [-0.25, -0.2) is 0 Å². The van der Waals surface area contributed by atoms with Gasteiger partial charge in [0.15, 0.2) is 8.32 Å². The fourth-order valence-electron chi connectivity index (χ4n) is 7.27. The van der Waals surface area contributed by atoms with Gasteiger partial charge in [-0.05, 0) is 86.2 Å². The highest BCUT2D eigenvalue weighted by molar-refractivity contribution is 6.74. The molecule has 0 aromatic heterocycles. The molecule has 0 spiro atoms. The third-order valence-electron chi connectivity index (χ3n) is 10.5. The first kappa shape index (κ1) is 23.7. The summed E-state index contributed by atoms with van der Waals surface area (Å²) in [6, 6.07) is 0. The van der Waals surface area contributed by atoms with Crippen LogP contribution in [0.3, 0.4) is 0 Å². The Morgan fingerprint density at radius 2 is 1.71 bits per heavy atom. The zero-order valence-corrected chi connectivity index (χ0v) is 22.2. The Kier molecular flexibility index (Phi) is 6.19. The number of Topliss-reactive ketones (excluding diaryl/α,β-unsaturated/α-hetero) is 1. The van der Waals surface area contributed by atoms with Crippen molar-refractivity contribution in [3.8, 4) is 0 Å². The summed E-state index contributed by atoms with van der Waals surface area (Å²) in [4.78, 5) is 12.6. The quantitative estimate of drug-likeness (QED) is 0.261. The first-order valence-electron chi connectivity index (χ1n) is 12.9. The smallest absolute Gasteiger partial charge is 0.192 e. The van der Waals surface area contributed by atoms with E-state index in [0.717, 1.165) is 57.2 Å². The van der Waals surface area contributed by atoms with Crippen LogP contribution < -0.4 is 0 Å². The molecule has 0 aromatic carbocycles. The van der Waals surface area contributed by atoms with Crippen LogP contribution in [0.5, 0.6) is 0 Å². The van der Waals surface area contributed by atoms with Crippen LogP contribution in [0.15, 0.2) is 11.6 Å². The van der Waals surface area contributed by atoms with E-state index in [2.05, 4.69) is 53.8 Å². The zero-order chi connectivity index (χ0) is 22.7. The Labute approximate surface area is 191 Å². The molecule has 0 bridgehead atoms. The maximum absolute atomic E-state index is 12.6. The van der Waals surface area contributed by atoms with Gasteiger partial charge in [-0.2, -0.15) is 0 Å². The van der Waals surface area contributed by atoms with Crippen LogP contribution in [0.25, 0.3) is 0 Å². The van der Waals surface area contributed by atoms with Gasteiger partial charge in [0.25, 0.3) is 0 Å². The van der Waals surface area contributed by atoms with Gasteiger partial charge < -0.3 is 9.16 Å². The molecule has 0 heterocycles. The van der Waals surface area contributed by atoms with E-state index in [1.165, 1.54) is 19.3 Å². The Morgan fingerprint density at radius 3 is 2.42 bits per heavy atom. The van der Waals surface area contributed by atoms with Gasteiger partial charge in [0, 0.05) is 11.8 Å². The second-order valence-electron chi connectivity index (χ2n) is 13.0. The maximum Gasteiger partial charge on any atom is 0.192 e. The predicted molar refractivity (Wildman–Crippen MR) is 130 cm³/mol. The number of carbonyl (C=O) groups is 1. The summed E-state index contributed by atoms with van der Waals surface area (Å²) >= 11 is 0. The lowest BCUT2D eigenvalue weighted by Gasteiger charge is -2.57. The first-order chi connectivity index (χ1) is 14.4. The van der Waals surface area contributed by atoms with Crippen molar-refractivity contribution in [2.45, 2.75) is 110 Å². The molecule has 0 radical (unpaired) electrons. The molecule has 0 amide bonds. The number of fused-ring (bicyclic) bond motifs is 5. The maximum atomic E-state index is 12.6. The number of hydrogen-bond acceptors (Lipinski definition) is 3. The van der Waals surface area contributed by atoms with Gasteiger partial charge in [0.1, 0.15) is 5.78 Å². The topological polar surface area (TPSA) is 35.5 Å². The molecule has 1 unspecified atom stereocenters. The number of allylic oxidation sites excluding steroid dienone is 1. The van der Waals surface area contributed by atoms with Crippen LogP contribution >= 0.6 is 0 Å². The van der Waals surface area contributed by atoms with E-state index >= 15 is 0 Å². The average molecular weight is 447 g/mol. The Hall–Kier alpha value is -0.453. The molecule has 0 saturated heterocycles. The molecule has 0 N–H and O–H groups in total. The highest BCUT2D eigenvalue weighted by Crippen LogP contribution is 2.64. The molecule has 0 aromatic rings. The van der Waals surface area contributed by atoms with Crippen LogP contribution in [-0.4, -0.2) is 33.4 Å². The summed E-state index contributed by atoms with van der Waals surface area (Å²) in [6.07, 6.45) is 11.9. The summed E-state index contributed by atoms with van der Waals surface area (Å²) in [5, 5.41) is 0.253. The van der Waals surface area contributed by atoms with Crippen LogP contribution in [-0.2, 0) is 14.0 Å². The van der Waals surface area contributed by atoms with Crippen LogP contribution in [0.2, 0.25) is 18.1 Å². The van der Waals surface area contributed by atoms with E-state index < -0.39 is 8.32 Å². The molecule has 3 nitrogen and oxygen atoms in total. The molecule has 4 rings (SSSR count).